The molecule has 0 radical (unpaired) electrons. The van der Waals surface area contributed by atoms with E-state index in [0.717, 1.165) is 9.13 Å². The standard InChI is InChI=1S/C15H15IN2O4S/c16-13-4-2-1-3-12(13)15(18-10-9-17-14(18)19)7-5-11(6-8-15)23(20,21)22/h1-8,11H,9-10H2,(H,17,19)(H,20,21,22). The first-order valence-corrected chi connectivity index (χ1v) is 9.58. The quantitative estimate of drug-likeness (QED) is 0.422. The smallest absolute Gasteiger partial charge is 0.318 e. The number of nitrogens with one attached hydrogen (secondary N) is 1. The highest BCUT2D eigenvalue weighted by molar-refractivity contribution is 14.1. The maximum atomic E-state index is 12.2. The first-order valence-electron chi connectivity index (χ1n) is 7.00. The summed E-state index contributed by atoms with van der Waals surface area (Å²) in [5.74, 6) is 0. The molecule has 1 aromatic carbocycles. The third-order valence-corrected chi connectivity index (χ3v) is 5.98. The van der Waals surface area contributed by atoms with E-state index in [2.05, 4.69) is 27.9 Å². The average Bonchev–Trinajstić information content (AvgIpc) is 2.93. The number of benzene rings is 1. The highest BCUT2D eigenvalue weighted by Gasteiger charge is 2.42. The third-order valence-electron chi connectivity index (χ3n) is 4.03. The fraction of sp³-hybridized carbons (Fsp3) is 0.267. The van der Waals surface area contributed by atoms with Crippen molar-refractivity contribution >= 4 is 38.7 Å². The molecule has 1 heterocycles. The Morgan fingerprint density at radius 2 is 1.91 bits per heavy atom. The molecule has 6 nitrogen and oxygen atoms in total. The van der Waals surface area contributed by atoms with E-state index in [1.165, 1.54) is 12.2 Å². The van der Waals surface area contributed by atoms with Crippen LogP contribution < -0.4 is 5.32 Å². The predicted molar refractivity (Wildman–Crippen MR) is 94.6 cm³/mol. The summed E-state index contributed by atoms with van der Waals surface area (Å²) in [6.45, 7) is 1.04. The van der Waals surface area contributed by atoms with Crippen molar-refractivity contribution in [3.63, 3.8) is 0 Å². The van der Waals surface area contributed by atoms with Crippen LogP contribution in [0.25, 0.3) is 0 Å². The highest BCUT2D eigenvalue weighted by Crippen LogP contribution is 2.38. The molecule has 0 aromatic heterocycles. The predicted octanol–water partition coefficient (Wildman–Crippen LogP) is 1.89. The second-order valence-corrected chi connectivity index (χ2v) is 8.12. The molecule has 3 rings (SSSR count). The van der Waals surface area contributed by atoms with Gasteiger partial charge in [0, 0.05) is 16.7 Å². The Morgan fingerprint density at radius 3 is 2.43 bits per heavy atom. The first-order chi connectivity index (χ1) is 10.8. The third kappa shape index (κ3) is 2.90. The van der Waals surface area contributed by atoms with Gasteiger partial charge in [-0.3, -0.25) is 4.55 Å². The number of urea groups is 1. The highest BCUT2D eigenvalue weighted by atomic mass is 127. The van der Waals surface area contributed by atoms with Gasteiger partial charge in [-0.2, -0.15) is 8.42 Å². The van der Waals surface area contributed by atoms with E-state index in [1.807, 2.05) is 24.3 Å². The molecule has 2 N–H and O–H groups in total. The van der Waals surface area contributed by atoms with Gasteiger partial charge in [-0.05, 0) is 34.2 Å². The Labute approximate surface area is 148 Å². The normalized spacial score (nSPS) is 27.3. The zero-order valence-electron chi connectivity index (χ0n) is 12.0. The monoisotopic (exact) mass is 446 g/mol. The summed E-state index contributed by atoms with van der Waals surface area (Å²) in [5.41, 5.74) is 0.0264. The number of hydrogen-bond acceptors (Lipinski definition) is 3. The molecule has 0 atom stereocenters. The van der Waals surface area contributed by atoms with Gasteiger partial charge < -0.3 is 10.2 Å². The SMILES string of the molecule is O=C1NCCN1C1(c2ccccc2I)C=CC(S(=O)(=O)O)C=C1. The van der Waals surface area contributed by atoms with Crippen molar-refractivity contribution in [1.29, 1.82) is 0 Å². The van der Waals surface area contributed by atoms with E-state index < -0.39 is 20.9 Å². The number of hydrogen-bond donors (Lipinski definition) is 2. The van der Waals surface area contributed by atoms with Crippen LogP contribution in [0.15, 0.2) is 48.6 Å². The van der Waals surface area contributed by atoms with Gasteiger partial charge >= 0.3 is 6.03 Å². The topological polar surface area (TPSA) is 86.7 Å². The molecule has 1 aliphatic carbocycles. The van der Waals surface area contributed by atoms with Gasteiger partial charge in [-0.25, -0.2) is 4.79 Å². The zero-order valence-corrected chi connectivity index (χ0v) is 15.0. The van der Waals surface area contributed by atoms with Crippen molar-refractivity contribution in [2.24, 2.45) is 0 Å². The second-order valence-electron chi connectivity index (χ2n) is 5.39. The van der Waals surface area contributed by atoms with Crippen molar-refractivity contribution in [1.82, 2.24) is 10.2 Å². The Bertz CT molecular complexity index is 789. The second kappa shape index (κ2) is 5.91. The van der Waals surface area contributed by atoms with E-state index >= 15 is 0 Å². The molecule has 122 valence electrons. The average molecular weight is 446 g/mol. The van der Waals surface area contributed by atoms with Crippen LogP contribution in [-0.4, -0.2) is 42.2 Å². The van der Waals surface area contributed by atoms with Crippen LogP contribution in [-0.2, 0) is 15.7 Å². The number of nitrogens with zero attached hydrogens (tertiary/aromatic N) is 1. The molecule has 0 unspecified atom stereocenters. The molecular weight excluding hydrogens is 431 g/mol. The van der Waals surface area contributed by atoms with Crippen LogP contribution in [0.1, 0.15) is 5.56 Å². The summed E-state index contributed by atoms with van der Waals surface area (Å²) >= 11 is 2.19. The summed E-state index contributed by atoms with van der Waals surface area (Å²) in [4.78, 5) is 13.9. The molecule has 0 bridgehead atoms. The van der Waals surface area contributed by atoms with Gasteiger partial charge in [0.1, 0.15) is 10.8 Å². The van der Waals surface area contributed by atoms with E-state index in [4.69, 9.17) is 0 Å². The molecule has 0 saturated carbocycles. The number of amides is 2. The van der Waals surface area contributed by atoms with Gasteiger partial charge in [0.05, 0.1) is 0 Å². The molecule has 2 amide bonds. The lowest BCUT2D eigenvalue weighted by Gasteiger charge is -2.39. The molecule has 0 spiro atoms. The van der Waals surface area contributed by atoms with E-state index in [-0.39, 0.29) is 6.03 Å². The van der Waals surface area contributed by atoms with Crippen LogP contribution in [0, 0.1) is 3.57 Å². The molecule has 23 heavy (non-hydrogen) atoms. The van der Waals surface area contributed by atoms with Crippen molar-refractivity contribution in [3.05, 3.63) is 57.7 Å². The number of rotatable bonds is 3. The van der Waals surface area contributed by atoms with Gasteiger partial charge in [0.25, 0.3) is 10.1 Å². The molecule has 2 aliphatic rings. The van der Waals surface area contributed by atoms with E-state index in [0.29, 0.717) is 13.1 Å². The molecule has 1 saturated heterocycles. The lowest BCUT2D eigenvalue weighted by molar-refractivity contribution is 0.187. The summed E-state index contributed by atoms with van der Waals surface area (Å²) in [6.07, 6.45) is 6.19. The van der Waals surface area contributed by atoms with Crippen molar-refractivity contribution < 1.29 is 17.8 Å². The molecule has 1 fully saturated rings. The van der Waals surface area contributed by atoms with Crippen LogP contribution in [0.5, 0.6) is 0 Å². The van der Waals surface area contributed by atoms with Crippen LogP contribution in [0.4, 0.5) is 4.79 Å². The maximum absolute atomic E-state index is 12.2. The molecule has 1 aliphatic heterocycles. The van der Waals surface area contributed by atoms with Crippen LogP contribution in [0.3, 0.4) is 0 Å². The zero-order chi connectivity index (χ0) is 16.7. The Balaban J connectivity index is 2.13. The lowest BCUT2D eigenvalue weighted by atomic mass is 9.84. The van der Waals surface area contributed by atoms with Gasteiger partial charge in [0.2, 0.25) is 0 Å². The Kier molecular flexibility index (Phi) is 4.23. The van der Waals surface area contributed by atoms with Crippen LogP contribution in [0.2, 0.25) is 0 Å². The number of halogens is 1. The van der Waals surface area contributed by atoms with Crippen molar-refractivity contribution in [2.75, 3.05) is 13.1 Å². The lowest BCUT2D eigenvalue weighted by Crippen LogP contribution is -2.47. The minimum atomic E-state index is -4.20. The maximum Gasteiger partial charge on any atom is 0.318 e. The number of carbonyl (C=O) groups excluding carboxylic acids is 1. The summed E-state index contributed by atoms with van der Waals surface area (Å²) in [5, 5.41) is 1.68. The molecular formula is C15H15IN2O4S. The number of carbonyl (C=O) groups is 1. The summed E-state index contributed by atoms with van der Waals surface area (Å²) in [6, 6.07) is 7.42. The summed E-state index contributed by atoms with van der Waals surface area (Å²) in [7, 11) is -4.20. The first kappa shape index (κ1) is 16.5. The fourth-order valence-corrected chi connectivity index (χ4v) is 4.29. The van der Waals surface area contributed by atoms with Gasteiger partial charge in [-0.1, -0.05) is 42.5 Å². The van der Waals surface area contributed by atoms with Crippen molar-refractivity contribution in [3.8, 4) is 0 Å². The molecule has 8 heteroatoms. The van der Waals surface area contributed by atoms with Crippen LogP contribution >= 0.6 is 22.6 Å². The van der Waals surface area contributed by atoms with Crippen molar-refractivity contribution in [2.45, 2.75) is 10.8 Å². The fourth-order valence-electron chi connectivity index (χ4n) is 2.92. The summed E-state index contributed by atoms with van der Waals surface area (Å²) < 4.78 is 32.9. The van der Waals surface area contributed by atoms with E-state index in [9.17, 15) is 17.8 Å². The minimum absolute atomic E-state index is 0.204. The van der Waals surface area contributed by atoms with Gasteiger partial charge in [0.15, 0.2) is 0 Å². The Hall–Kier alpha value is -1.39. The van der Waals surface area contributed by atoms with E-state index in [1.54, 1.807) is 17.1 Å². The minimum Gasteiger partial charge on any atom is -0.336 e. The van der Waals surface area contributed by atoms with Gasteiger partial charge in [-0.15, -0.1) is 0 Å². The largest absolute Gasteiger partial charge is 0.336 e. The molecule has 1 aromatic rings. The Morgan fingerprint density at radius 1 is 1.26 bits per heavy atom.